The van der Waals surface area contributed by atoms with Crippen molar-refractivity contribution in [1.29, 1.82) is 0 Å². The van der Waals surface area contributed by atoms with Crippen molar-refractivity contribution < 1.29 is 4.42 Å². The Kier molecular flexibility index (Phi) is 7.20. The molecule has 12 rings (SSSR count). The van der Waals surface area contributed by atoms with Crippen LogP contribution in [0.2, 0.25) is 0 Å². The fraction of sp³-hybridized carbons (Fsp3) is 0.0556. The van der Waals surface area contributed by atoms with Crippen molar-refractivity contribution in [2.45, 2.75) is 19.3 Å². The van der Waals surface area contributed by atoms with Gasteiger partial charge in [0.05, 0.1) is 16.7 Å². The van der Waals surface area contributed by atoms with Crippen molar-refractivity contribution in [2.75, 3.05) is 0 Å². The quantitative estimate of drug-likeness (QED) is 0.175. The number of nitrogens with zero attached hydrogens (tertiary/aromatic N) is 4. The Labute approximate surface area is 340 Å². The summed E-state index contributed by atoms with van der Waals surface area (Å²) < 4.78 is 8.98. The molecule has 278 valence electrons. The summed E-state index contributed by atoms with van der Waals surface area (Å²) in [5.41, 5.74) is 15.5. The van der Waals surface area contributed by atoms with Crippen molar-refractivity contribution >= 4 is 43.7 Å². The van der Waals surface area contributed by atoms with Crippen molar-refractivity contribution in [1.82, 2.24) is 19.5 Å². The maximum absolute atomic E-state index is 6.52. The SMILES string of the molecule is CC1(C)c2ccccc2-c2c(-n3c4ccccc4c4cc(-c5ccc6oc7cccc(-c8nc(-c9ccccc9)nc(-c9ccccc9)n8)c7c6c5)ccc43)cccc21. The van der Waals surface area contributed by atoms with Crippen LogP contribution in [0.4, 0.5) is 0 Å². The summed E-state index contributed by atoms with van der Waals surface area (Å²) in [6.07, 6.45) is 0. The van der Waals surface area contributed by atoms with Gasteiger partial charge in [-0.15, -0.1) is 0 Å². The van der Waals surface area contributed by atoms with Crippen molar-refractivity contribution in [3.8, 4) is 62.1 Å². The molecular formula is C54H36N4O. The zero-order valence-electron chi connectivity index (χ0n) is 32.5. The van der Waals surface area contributed by atoms with E-state index < -0.39 is 0 Å². The molecule has 5 heteroatoms. The minimum absolute atomic E-state index is 0.0818. The highest BCUT2D eigenvalue weighted by Gasteiger charge is 2.37. The van der Waals surface area contributed by atoms with Gasteiger partial charge in [0, 0.05) is 49.2 Å². The molecule has 0 N–H and O–H groups in total. The number of para-hydroxylation sites is 1. The lowest BCUT2D eigenvalue weighted by molar-refractivity contribution is 0.660. The molecule has 8 aromatic carbocycles. The monoisotopic (exact) mass is 756 g/mol. The Hall–Kier alpha value is -7.63. The van der Waals surface area contributed by atoms with E-state index in [0.29, 0.717) is 17.5 Å². The Morgan fingerprint density at radius 2 is 1.02 bits per heavy atom. The molecule has 0 amide bonds. The van der Waals surface area contributed by atoms with E-state index in [2.05, 4.69) is 128 Å². The largest absolute Gasteiger partial charge is 0.456 e. The minimum Gasteiger partial charge on any atom is -0.456 e. The molecule has 0 saturated heterocycles. The van der Waals surface area contributed by atoms with E-state index in [-0.39, 0.29) is 5.41 Å². The van der Waals surface area contributed by atoms with Gasteiger partial charge in [0.15, 0.2) is 17.5 Å². The van der Waals surface area contributed by atoms with E-state index in [1.807, 2.05) is 72.8 Å². The van der Waals surface area contributed by atoms with Crippen LogP contribution in [-0.4, -0.2) is 19.5 Å². The summed E-state index contributed by atoms with van der Waals surface area (Å²) >= 11 is 0. The Bertz CT molecular complexity index is 3410. The maximum atomic E-state index is 6.52. The molecule has 1 aliphatic carbocycles. The Morgan fingerprint density at radius 3 is 1.80 bits per heavy atom. The molecule has 3 heterocycles. The third kappa shape index (κ3) is 5.08. The van der Waals surface area contributed by atoms with Gasteiger partial charge in [-0.25, -0.2) is 15.0 Å². The molecule has 1 aliphatic rings. The number of benzene rings is 8. The van der Waals surface area contributed by atoms with E-state index in [4.69, 9.17) is 19.4 Å². The molecular weight excluding hydrogens is 721 g/mol. The van der Waals surface area contributed by atoms with Crippen LogP contribution in [0.1, 0.15) is 25.0 Å². The number of hydrogen-bond acceptors (Lipinski definition) is 4. The summed E-state index contributed by atoms with van der Waals surface area (Å²) in [6.45, 7) is 4.69. The molecule has 59 heavy (non-hydrogen) atoms. The number of fused-ring (bicyclic) bond motifs is 9. The normalized spacial score (nSPS) is 13.1. The smallest absolute Gasteiger partial charge is 0.164 e. The zero-order chi connectivity index (χ0) is 39.2. The molecule has 3 aromatic heterocycles. The lowest BCUT2D eigenvalue weighted by Crippen LogP contribution is -2.14. The fourth-order valence-electron chi connectivity index (χ4n) is 9.46. The van der Waals surface area contributed by atoms with Gasteiger partial charge in [-0.05, 0) is 70.3 Å². The maximum Gasteiger partial charge on any atom is 0.164 e. The molecule has 0 radical (unpaired) electrons. The summed E-state index contributed by atoms with van der Waals surface area (Å²) in [7, 11) is 0. The zero-order valence-corrected chi connectivity index (χ0v) is 32.5. The molecule has 0 bridgehead atoms. The molecule has 0 atom stereocenters. The minimum atomic E-state index is -0.0818. The van der Waals surface area contributed by atoms with Crippen molar-refractivity contribution in [3.63, 3.8) is 0 Å². The average Bonchev–Trinajstić information content (AvgIpc) is 3.92. The number of rotatable bonds is 5. The van der Waals surface area contributed by atoms with E-state index in [1.165, 1.54) is 49.7 Å². The van der Waals surface area contributed by atoms with E-state index in [1.54, 1.807) is 0 Å². The summed E-state index contributed by atoms with van der Waals surface area (Å²) in [6, 6.07) is 64.2. The molecule has 5 nitrogen and oxygen atoms in total. The second kappa shape index (κ2) is 12.7. The van der Waals surface area contributed by atoms with Gasteiger partial charge >= 0.3 is 0 Å². The first-order valence-corrected chi connectivity index (χ1v) is 20.1. The second-order valence-electron chi connectivity index (χ2n) is 16.0. The first-order valence-electron chi connectivity index (χ1n) is 20.1. The van der Waals surface area contributed by atoms with Crippen LogP contribution in [0.3, 0.4) is 0 Å². The third-order valence-corrected chi connectivity index (χ3v) is 12.3. The van der Waals surface area contributed by atoms with Gasteiger partial charge in [0.2, 0.25) is 0 Å². The molecule has 0 saturated carbocycles. The van der Waals surface area contributed by atoms with Crippen LogP contribution in [0.15, 0.2) is 186 Å². The second-order valence-corrected chi connectivity index (χ2v) is 16.0. The highest BCUT2D eigenvalue weighted by molar-refractivity contribution is 6.14. The van der Waals surface area contributed by atoms with Gasteiger partial charge in [-0.2, -0.15) is 0 Å². The standard InChI is InChI=1S/C54H36N4O/c1-54(2)42-22-11-9-20-38(42)50-43(54)23-14-25-46(50)58-44-24-12-10-19-37(44)40-31-35(27-29-45(40)58)36-28-30-47-41(32-36)49-39(21-13-26-48(49)59-47)53-56-51(33-15-5-3-6-16-33)55-52(57-53)34-17-7-4-8-18-34/h3-32H,1-2H3. The van der Waals surface area contributed by atoms with Crippen molar-refractivity contribution in [2.24, 2.45) is 0 Å². The predicted octanol–water partition coefficient (Wildman–Crippen LogP) is 13.8. The van der Waals surface area contributed by atoms with Gasteiger partial charge in [-0.1, -0.05) is 153 Å². The summed E-state index contributed by atoms with van der Waals surface area (Å²) in [4.78, 5) is 15.1. The molecule has 0 aliphatic heterocycles. The van der Waals surface area contributed by atoms with Crippen LogP contribution in [0, 0.1) is 0 Å². The summed E-state index contributed by atoms with van der Waals surface area (Å²) in [5.74, 6) is 1.85. The number of furan rings is 1. The molecule has 0 fully saturated rings. The number of aromatic nitrogens is 4. The van der Waals surface area contributed by atoms with Gasteiger partial charge < -0.3 is 8.98 Å². The topological polar surface area (TPSA) is 56.7 Å². The lowest BCUT2D eigenvalue weighted by Gasteiger charge is -2.21. The van der Waals surface area contributed by atoms with Crippen LogP contribution in [-0.2, 0) is 5.41 Å². The summed E-state index contributed by atoms with van der Waals surface area (Å²) in [5, 5.41) is 4.43. The van der Waals surface area contributed by atoms with E-state index in [0.717, 1.165) is 49.8 Å². The first-order chi connectivity index (χ1) is 29.0. The predicted molar refractivity (Wildman–Crippen MR) is 241 cm³/mol. The van der Waals surface area contributed by atoms with Gasteiger partial charge in [0.1, 0.15) is 11.2 Å². The third-order valence-electron chi connectivity index (χ3n) is 12.3. The number of hydrogen-bond donors (Lipinski definition) is 0. The van der Waals surface area contributed by atoms with E-state index >= 15 is 0 Å². The van der Waals surface area contributed by atoms with E-state index in [9.17, 15) is 0 Å². The van der Waals surface area contributed by atoms with Crippen molar-refractivity contribution in [3.05, 3.63) is 193 Å². The average molecular weight is 757 g/mol. The van der Waals surface area contributed by atoms with Crippen LogP contribution in [0.5, 0.6) is 0 Å². The van der Waals surface area contributed by atoms with Gasteiger partial charge in [-0.3, -0.25) is 0 Å². The first kappa shape index (κ1) is 33.5. The molecule has 0 unspecified atom stereocenters. The van der Waals surface area contributed by atoms with Crippen LogP contribution >= 0.6 is 0 Å². The lowest BCUT2D eigenvalue weighted by atomic mass is 9.82. The van der Waals surface area contributed by atoms with Crippen LogP contribution in [0.25, 0.3) is 106 Å². The highest BCUT2D eigenvalue weighted by Crippen LogP contribution is 2.52. The van der Waals surface area contributed by atoms with Gasteiger partial charge in [0.25, 0.3) is 0 Å². The molecule has 11 aromatic rings. The van der Waals surface area contributed by atoms with Crippen LogP contribution < -0.4 is 0 Å². The fourth-order valence-corrected chi connectivity index (χ4v) is 9.46. The highest BCUT2D eigenvalue weighted by atomic mass is 16.3. The Morgan fingerprint density at radius 1 is 0.424 bits per heavy atom. The Balaban J connectivity index is 1.03. The molecule has 0 spiro atoms.